The van der Waals surface area contributed by atoms with Crippen LogP contribution in [0.3, 0.4) is 0 Å². The van der Waals surface area contributed by atoms with E-state index in [0.717, 1.165) is 0 Å². The summed E-state index contributed by atoms with van der Waals surface area (Å²) in [5, 5.41) is 9.76. The van der Waals surface area contributed by atoms with Crippen molar-refractivity contribution in [1.29, 1.82) is 0 Å². The lowest BCUT2D eigenvalue weighted by atomic mass is 10.2. The second-order valence-corrected chi connectivity index (χ2v) is 6.08. The van der Waals surface area contributed by atoms with Crippen LogP contribution in [0.5, 0.6) is 0 Å². The molecule has 1 aromatic rings. The van der Waals surface area contributed by atoms with Crippen molar-refractivity contribution in [3.05, 3.63) is 16.8 Å². The summed E-state index contributed by atoms with van der Waals surface area (Å²) >= 11 is 5.72. The van der Waals surface area contributed by atoms with Crippen molar-refractivity contribution in [2.45, 2.75) is 38.8 Å². The molecular formula is C15H19ClN4O4. The van der Waals surface area contributed by atoms with Gasteiger partial charge in [-0.3, -0.25) is 0 Å². The Morgan fingerprint density at radius 3 is 2.67 bits per heavy atom. The number of anilines is 1. The Morgan fingerprint density at radius 1 is 1.42 bits per heavy atom. The minimum absolute atomic E-state index is 0.00863. The van der Waals surface area contributed by atoms with E-state index in [-0.39, 0.29) is 17.4 Å². The monoisotopic (exact) mass is 354 g/mol. The molecule has 8 nitrogen and oxygen atoms in total. The Labute approximate surface area is 145 Å². The number of nitrogens with zero attached hydrogens (tertiary/aromatic N) is 2. The minimum Gasteiger partial charge on any atom is -0.467 e. The number of rotatable bonds is 3. The second kappa shape index (κ2) is 8.36. The number of alkyl carbamates (subject to hydrolysis) is 1. The van der Waals surface area contributed by atoms with Crippen LogP contribution in [0.4, 0.5) is 10.6 Å². The number of esters is 1. The van der Waals surface area contributed by atoms with Gasteiger partial charge in [-0.1, -0.05) is 23.4 Å². The average Bonchev–Trinajstić information content (AvgIpc) is 2.47. The van der Waals surface area contributed by atoms with E-state index in [1.807, 2.05) is 0 Å². The van der Waals surface area contributed by atoms with Crippen molar-refractivity contribution >= 4 is 29.5 Å². The maximum Gasteiger partial charge on any atom is 0.408 e. The number of methoxy groups -OCH3 is 1. The Kier molecular flexibility index (Phi) is 6.80. The van der Waals surface area contributed by atoms with Gasteiger partial charge in [0, 0.05) is 6.42 Å². The molecule has 1 aromatic heterocycles. The fraction of sp³-hybridized carbons (Fsp3) is 0.467. The number of halogens is 1. The van der Waals surface area contributed by atoms with E-state index < -0.39 is 23.7 Å². The Morgan fingerprint density at radius 2 is 2.08 bits per heavy atom. The fourth-order valence-electron chi connectivity index (χ4n) is 1.51. The molecule has 0 fully saturated rings. The second-order valence-electron chi connectivity index (χ2n) is 5.69. The summed E-state index contributed by atoms with van der Waals surface area (Å²) < 4.78 is 9.74. The minimum atomic E-state index is -0.983. The predicted octanol–water partition coefficient (Wildman–Crippen LogP) is 1.52. The molecule has 0 saturated carbocycles. The van der Waals surface area contributed by atoms with Crippen LogP contribution < -0.4 is 11.1 Å². The third-order valence-electron chi connectivity index (χ3n) is 2.50. The van der Waals surface area contributed by atoms with Gasteiger partial charge in [-0.2, -0.15) is 0 Å². The molecule has 1 amide bonds. The number of carbonyl (C=O) groups is 2. The molecule has 0 aliphatic heterocycles. The highest BCUT2D eigenvalue weighted by molar-refractivity contribution is 6.29. The number of hydrogen-bond acceptors (Lipinski definition) is 7. The number of amides is 1. The molecule has 0 saturated heterocycles. The standard InChI is InChI=1S/C15H19ClN4O4/c1-15(2,3)24-14(22)18-10(13(21)23-4)7-5-6-9-8-11(16)19-20-12(9)17/h8,10H,7H2,1-4H3,(H2,17,20)(H,18,22)/t10-/m0/s1. The SMILES string of the molecule is COC(=O)[C@H](CC#Cc1cc(Cl)nnc1N)NC(=O)OC(C)(C)C. The lowest BCUT2D eigenvalue weighted by molar-refractivity contribution is -0.143. The van der Waals surface area contributed by atoms with Crippen LogP contribution >= 0.6 is 11.6 Å². The van der Waals surface area contributed by atoms with Crippen molar-refractivity contribution in [3.8, 4) is 11.8 Å². The van der Waals surface area contributed by atoms with Crippen molar-refractivity contribution in [2.24, 2.45) is 0 Å². The third kappa shape index (κ3) is 6.71. The predicted molar refractivity (Wildman–Crippen MR) is 88.1 cm³/mol. The molecule has 0 aliphatic rings. The lowest BCUT2D eigenvalue weighted by Gasteiger charge is -2.21. The van der Waals surface area contributed by atoms with Gasteiger partial charge in [0.15, 0.2) is 11.0 Å². The van der Waals surface area contributed by atoms with Gasteiger partial charge in [-0.05, 0) is 26.8 Å². The normalized spacial score (nSPS) is 11.7. The molecule has 0 aromatic carbocycles. The molecule has 1 atom stereocenters. The summed E-state index contributed by atoms with van der Waals surface area (Å²) in [6, 6.07) is 0.467. The highest BCUT2D eigenvalue weighted by Crippen LogP contribution is 2.11. The van der Waals surface area contributed by atoms with Crippen LogP contribution in [0, 0.1) is 11.8 Å². The Balaban J connectivity index is 2.81. The summed E-state index contributed by atoms with van der Waals surface area (Å²) in [5.41, 5.74) is 5.31. The summed E-state index contributed by atoms with van der Waals surface area (Å²) in [5.74, 6) is 4.92. The fourth-order valence-corrected chi connectivity index (χ4v) is 1.66. The van der Waals surface area contributed by atoms with E-state index in [0.29, 0.717) is 5.56 Å². The number of ether oxygens (including phenoxy) is 2. The van der Waals surface area contributed by atoms with Gasteiger partial charge in [0.2, 0.25) is 0 Å². The quantitative estimate of drug-likeness (QED) is 0.624. The van der Waals surface area contributed by atoms with Gasteiger partial charge in [0.1, 0.15) is 11.6 Å². The average molecular weight is 355 g/mol. The molecule has 24 heavy (non-hydrogen) atoms. The summed E-state index contributed by atoms with van der Waals surface area (Å²) in [7, 11) is 1.21. The van der Waals surface area contributed by atoms with Gasteiger partial charge in [0.25, 0.3) is 0 Å². The first-order valence-electron chi connectivity index (χ1n) is 6.97. The van der Waals surface area contributed by atoms with E-state index in [4.69, 9.17) is 22.1 Å². The van der Waals surface area contributed by atoms with Crippen LogP contribution in [0.15, 0.2) is 6.07 Å². The number of nitrogens with two attached hydrogens (primary N) is 1. The molecule has 0 spiro atoms. The third-order valence-corrected chi connectivity index (χ3v) is 2.68. The zero-order valence-corrected chi connectivity index (χ0v) is 14.6. The van der Waals surface area contributed by atoms with Gasteiger partial charge in [0.05, 0.1) is 12.7 Å². The number of nitrogen functional groups attached to an aromatic ring is 1. The number of carbonyl (C=O) groups excluding carboxylic acids is 2. The Bertz CT molecular complexity index is 676. The molecule has 0 unspecified atom stereocenters. The van der Waals surface area contributed by atoms with Crippen LogP contribution in [0.25, 0.3) is 0 Å². The van der Waals surface area contributed by atoms with E-state index in [1.54, 1.807) is 20.8 Å². The Hall–Kier alpha value is -2.53. The van der Waals surface area contributed by atoms with Gasteiger partial charge < -0.3 is 20.5 Å². The first-order chi connectivity index (χ1) is 11.1. The van der Waals surface area contributed by atoms with Crippen molar-refractivity contribution < 1.29 is 19.1 Å². The van der Waals surface area contributed by atoms with E-state index in [2.05, 4.69) is 32.1 Å². The molecule has 1 heterocycles. The first kappa shape index (κ1) is 19.5. The molecule has 9 heteroatoms. The summed E-state index contributed by atoms with van der Waals surface area (Å²) in [6.07, 6.45) is -0.751. The zero-order chi connectivity index (χ0) is 18.3. The number of nitrogens with one attached hydrogen (secondary N) is 1. The first-order valence-corrected chi connectivity index (χ1v) is 7.35. The van der Waals surface area contributed by atoms with E-state index in [1.165, 1.54) is 13.2 Å². The molecule has 3 N–H and O–H groups in total. The largest absolute Gasteiger partial charge is 0.467 e. The van der Waals surface area contributed by atoms with Crippen molar-refractivity contribution in [2.75, 3.05) is 12.8 Å². The maximum absolute atomic E-state index is 11.8. The summed E-state index contributed by atoms with van der Waals surface area (Å²) in [4.78, 5) is 23.5. The number of aromatic nitrogens is 2. The highest BCUT2D eigenvalue weighted by Gasteiger charge is 2.24. The van der Waals surface area contributed by atoms with Crippen molar-refractivity contribution in [1.82, 2.24) is 15.5 Å². The molecular weight excluding hydrogens is 336 g/mol. The summed E-state index contributed by atoms with van der Waals surface area (Å²) in [6.45, 7) is 5.13. The van der Waals surface area contributed by atoms with Gasteiger partial charge in [-0.25, -0.2) is 9.59 Å². The van der Waals surface area contributed by atoms with Crippen LogP contribution in [-0.4, -0.2) is 41.0 Å². The topological polar surface area (TPSA) is 116 Å². The van der Waals surface area contributed by atoms with Crippen LogP contribution in [0.2, 0.25) is 5.15 Å². The molecule has 0 radical (unpaired) electrons. The van der Waals surface area contributed by atoms with Gasteiger partial charge >= 0.3 is 12.1 Å². The molecule has 0 aliphatic carbocycles. The number of hydrogen-bond donors (Lipinski definition) is 2. The van der Waals surface area contributed by atoms with E-state index in [9.17, 15) is 9.59 Å². The maximum atomic E-state index is 11.8. The van der Waals surface area contributed by atoms with Gasteiger partial charge in [-0.15, -0.1) is 10.2 Å². The molecule has 1 rings (SSSR count). The molecule has 130 valence electrons. The van der Waals surface area contributed by atoms with Crippen LogP contribution in [-0.2, 0) is 14.3 Å². The molecule has 0 bridgehead atoms. The van der Waals surface area contributed by atoms with Crippen molar-refractivity contribution in [3.63, 3.8) is 0 Å². The lowest BCUT2D eigenvalue weighted by Crippen LogP contribution is -2.43. The van der Waals surface area contributed by atoms with Crippen LogP contribution in [0.1, 0.15) is 32.8 Å². The smallest absolute Gasteiger partial charge is 0.408 e. The highest BCUT2D eigenvalue weighted by atomic mass is 35.5. The van der Waals surface area contributed by atoms with E-state index >= 15 is 0 Å². The zero-order valence-electron chi connectivity index (χ0n) is 13.8.